The molecule has 2 N–H and O–H groups in total. The Bertz CT molecular complexity index is 945. The highest BCUT2D eigenvalue weighted by atomic mass is 32.2. The zero-order valence-electron chi connectivity index (χ0n) is 18.3. The molecule has 33 heavy (non-hydrogen) atoms. The monoisotopic (exact) mass is 504 g/mol. The predicted octanol–water partition coefficient (Wildman–Crippen LogP) is 6.74. The molecule has 3 aromatic carbocycles. The molecule has 3 aromatic rings. The van der Waals surface area contributed by atoms with Crippen LogP contribution in [0.4, 0.5) is 4.79 Å². The minimum absolute atomic E-state index is 0.322. The van der Waals surface area contributed by atoms with Crippen molar-refractivity contribution in [1.29, 1.82) is 0 Å². The number of aryl methyl sites for hydroxylation is 1. The van der Waals surface area contributed by atoms with E-state index in [-0.39, 0.29) is 0 Å². The van der Waals surface area contributed by atoms with E-state index in [1.807, 2.05) is 66.9 Å². The molecule has 0 fully saturated rings. The highest BCUT2D eigenvalue weighted by Crippen LogP contribution is 2.20. The zero-order valence-corrected chi connectivity index (χ0v) is 20.9. The first-order chi connectivity index (χ1) is 16.0. The van der Waals surface area contributed by atoms with Crippen molar-refractivity contribution in [2.75, 3.05) is 18.6 Å². The van der Waals surface area contributed by atoms with Crippen molar-refractivity contribution in [3.8, 4) is 17.2 Å². The Kier molecular flexibility index (Phi) is 12.5. The first kappa shape index (κ1) is 26.8. The molecular formula is C25H28O5S3. The van der Waals surface area contributed by atoms with E-state index in [2.05, 4.69) is 12.6 Å². The summed E-state index contributed by atoms with van der Waals surface area (Å²) in [4.78, 5) is 10.5. The van der Waals surface area contributed by atoms with Crippen LogP contribution >= 0.6 is 36.4 Å². The van der Waals surface area contributed by atoms with Crippen molar-refractivity contribution in [1.82, 2.24) is 0 Å². The van der Waals surface area contributed by atoms with Gasteiger partial charge in [-0.1, -0.05) is 36.4 Å². The van der Waals surface area contributed by atoms with E-state index in [4.69, 9.17) is 19.1 Å². The van der Waals surface area contributed by atoms with Crippen LogP contribution in [0.2, 0.25) is 0 Å². The van der Waals surface area contributed by atoms with Crippen LogP contribution in [0, 0.1) is 0 Å². The lowest BCUT2D eigenvalue weighted by Crippen LogP contribution is -2.01. The van der Waals surface area contributed by atoms with Gasteiger partial charge in [0.05, 0.1) is 18.6 Å². The van der Waals surface area contributed by atoms with Gasteiger partial charge < -0.3 is 19.1 Å². The Hall–Kier alpha value is -2.42. The number of thioether (sulfide) groups is 1. The smallest absolute Gasteiger partial charge is 0.365 e. The van der Waals surface area contributed by atoms with E-state index < -0.39 is 5.30 Å². The van der Waals surface area contributed by atoms with E-state index in [0.717, 1.165) is 53.0 Å². The van der Waals surface area contributed by atoms with Crippen LogP contribution < -0.4 is 8.92 Å². The van der Waals surface area contributed by atoms with Gasteiger partial charge in [-0.3, -0.25) is 0 Å². The van der Waals surface area contributed by atoms with Gasteiger partial charge in [-0.25, -0.2) is 4.79 Å². The fourth-order valence-electron chi connectivity index (χ4n) is 2.71. The fourth-order valence-corrected chi connectivity index (χ4v) is 3.76. The molecule has 0 saturated carbocycles. The van der Waals surface area contributed by atoms with Crippen LogP contribution in [0.15, 0.2) is 72.8 Å². The molecule has 0 radical (unpaired) electrons. The maximum Gasteiger partial charge on any atom is 0.365 e. The highest BCUT2D eigenvalue weighted by Gasteiger charge is 2.01. The second kappa shape index (κ2) is 15.4. The average molecular weight is 505 g/mol. The number of benzene rings is 3. The quantitative estimate of drug-likeness (QED) is 0.208. The van der Waals surface area contributed by atoms with Gasteiger partial charge in [-0.2, -0.15) is 12.6 Å². The lowest BCUT2D eigenvalue weighted by molar-refractivity contribution is 0.222. The van der Waals surface area contributed by atoms with Crippen molar-refractivity contribution in [3.63, 3.8) is 0 Å². The molecule has 0 aliphatic rings. The number of phenolic OH excluding ortho intramolecular Hbond substituents is 1. The number of hydrogen-bond donors (Lipinski definition) is 3. The normalized spacial score (nSPS) is 10.1. The number of carbonyl (C=O) groups is 1. The number of rotatable bonds is 10. The molecule has 0 bridgehead atoms. The van der Waals surface area contributed by atoms with E-state index in [1.165, 1.54) is 17.6 Å². The lowest BCUT2D eigenvalue weighted by Gasteiger charge is -2.08. The largest absolute Gasteiger partial charge is 0.508 e. The third-order valence-electron chi connectivity index (χ3n) is 4.38. The number of phenols is 1. The van der Waals surface area contributed by atoms with E-state index in [1.54, 1.807) is 12.1 Å². The molecule has 0 heterocycles. The molecule has 0 saturated heterocycles. The van der Waals surface area contributed by atoms with Crippen LogP contribution in [0.25, 0.3) is 0 Å². The fraction of sp³-hybridized carbons (Fsp3) is 0.240. The Balaban J connectivity index is 0.000000321. The number of thiol groups is 1. The molecule has 0 aliphatic heterocycles. The summed E-state index contributed by atoms with van der Waals surface area (Å²) in [5.41, 5.74) is 3.38. The molecule has 0 spiro atoms. The second-order valence-electron chi connectivity index (χ2n) is 6.83. The van der Waals surface area contributed by atoms with Gasteiger partial charge in [0.25, 0.3) is 0 Å². The summed E-state index contributed by atoms with van der Waals surface area (Å²) in [5, 5.41) is 16.7. The summed E-state index contributed by atoms with van der Waals surface area (Å²) >= 11 is 6.29. The van der Waals surface area contributed by atoms with Gasteiger partial charge in [0.1, 0.15) is 17.2 Å². The molecular weight excluding hydrogens is 476 g/mol. The minimum Gasteiger partial charge on any atom is -0.508 e. The Morgan fingerprint density at radius 1 is 0.848 bits per heavy atom. The maximum absolute atomic E-state index is 10.5. The van der Waals surface area contributed by atoms with Crippen molar-refractivity contribution < 1.29 is 23.9 Å². The van der Waals surface area contributed by atoms with Gasteiger partial charge in [0, 0.05) is 18.4 Å². The maximum atomic E-state index is 10.5. The summed E-state index contributed by atoms with van der Waals surface area (Å²) in [6.07, 6.45) is 3.63. The van der Waals surface area contributed by atoms with Crippen molar-refractivity contribution in [2.45, 2.75) is 18.6 Å². The van der Waals surface area contributed by atoms with Gasteiger partial charge in [0.2, 0.25) is 0 Å². The van der Waals surface area contributed by atoms with Crippen LogP contribution in [0.3, 0.4) is 0 Å². The summed E-state index contributed by atoms with van der Waals surface area (Å²) < 4.78 is 11.0. The molecule has 0 unspecified atom stereocenters. The minimum atomic E-state index is -0.851. The van der Waals surface area contributed by atoms with Crippen molar-refractivity contribution in [2.24, 2.45) is 0 Å². The van der Waals surface area contributed by atoms with Crippen molar-refractivity contribution in [3.05, 3.63) is 89.5 Å². The number of aromatic hydroxyl groups is 1. The van der Waals surface area contributed by atoms with Crippen LogP contribution in [0.1, 0.15) is 16.7 Å². The third-order valence-corrected chi connectivity index (χ3v) is 5.69. The van der Waals surface area contributed by atoms with Crippen LogP contribution in [-0.2, 0) is 18.6 Å². The molecule has 0 aliphatic carbocycles. The molecule has 176 valence electrons. The van der Waals surface area contributed by atoms with E-state index in [0.29, 0.717) is 18.1 Å². The lowest BCUT2D eigenvalue weighted by atomic mass is 10.1. The van der Waals surface area contributed by atoms with Gasteiger partial charge >= 0.3 is 5.30 Å². The summed E-state index contributed by atoms with van der Waals surface area (Å²) in [6.45, 7) is 0.589. The SMILES string of the molecule is CSOc1ccc(OCCc2ccc(CSC(=O)O)cc2)cc1.Oc1ccc(CCS)cc1. The van der Waals surface area contributed by atoms with Crippen LogP contribution in [-0.4, -0.2) is 34.1 Å². The first-order valence-corrected chi connectivity index (χ1v) is 13.0. The Morgan fingerprint density at radius 3 is 1.97 bits per heavy atom. The Labute approximate surface area is 209 Å². The average Bonchev–Trinajstić information content (AvgIpc) is 2.82. The summed E-state index contributed by atoms with van der Waals surface area (Å²) in [6, 6.07) is 22.7. The highest BCUT2D eigenvalue weighted by molar-refractivity contribution is 8.12. The molecule has 0 atom stereocenters. The first-order valence-electron chi connectivity index (χ1n) is 10.3. The molecule has 0 amide bonds. The summed E-state index contributed by atoms with van der Waals surface area (Å²) in [7, 11) is 0. The summed E-state index contributed by atoms with van der Waals surface area (Å²) in [5.74, 6) is 3.27. The topological polar surface area (TPSA) is 76.0 Å². The molecule has 0 aromatic heterocycles. The van der Waals surface area contributed by atoms with E-state index in [9.17, 15) is 4.79 Å². The zero-order chi connectivity index (χ0) is 23.9. The third kappa shape index (κ3) is 11.3. The number of carboxylic acid groups (broad SMARTS) is 1. The number of ether oxygens (including phenoxy) is 1. The molecule has 5 nitrogen and oxygen atoms in total. The van der Waals surface area contributed by atoms with Crippen molar-refractivity contribution >= 4 is 41.7 Å². The van der Waals surface area contributed by atoms with Gasteiger partial charge in [0.15, 0.2) is 0 Å². The van der Waals surface area contributed by atoms with Gasteiger partial charge in [-0.05, 0) is 77.0 Å². The van der Waals surface area contributed by atoms with Gasteiger partial charge in [-0.15, -0.1) is 0 Å². The number of hydrogen-bond acceptors (Lipinski definition) is 7. The standard InChI is InChI=1S/C17H18O4S2.C8H10OS/c1-22-21-16-8-6-15(7-9-16)20-11-10-13-2-4-14(5-3-13)12-23-17(18)19;9-8-3-1-7(2-4-8)5-6-10/h2-9H,10-12H2,1H3,(H,18,19);1-4,9-10H,5-6H2. The predicted molar refractivity (Wildman–Crippen MR) is 141 cm³/mol. The molecule has 8 heteroatoms. The van der Waals surface area contributed by atoms with Crippen LogP contribution in [0.5, 0.6) is 17.2 Å². The Morgan fingerprint density at radius 2 is 1.39 bits per heavy atom. The second-order valence-corrected chi connectivity index (χ2v) is 8.70. The molecule has 3 rings (SSSR count). The van der Waals surface area contributed by atoms with E-state index >= 15 is 0 Å².